The van der Waals surface area contributed by atoms with Gasteiger partial charge in [0.1, 0.15) is 0 Å². The predicted octanol–water partition coefficient (Wildman–Crippen LogP) is 1.03. The van der Waals surface area contributed by atoms with Gasteiger partial charge in [-0.3, -0.25) is 0 Å². The molecule has 0 aromatic carbocycles. The standard InChI is InChI=1S/C12H26N2O/c1-12(2)4-6-14-9-7-13(8-10-14)5-3-11-15/h12,15H,3-11H2,1-2H3. The van der Waals surface area contributed by atoms with Crippen LogP contribution in [0.3, 0.4) is 0 Å². The summed E-state index contributed by atoms with van der Waals surface area (Å²) in [7, 11) is 0. The van der Waals surface area contributed by atoms with Crippen LogP contribution in [-0.2, 0) is 0 Å². The highest BCUT2D eigenvalue weighted by Crippen LogP contribution is 2.06. The third kappa shape index (κ3) is 5.50. The molecule has 90 valence electrons. The third-order valence-corrected chi connectivity index (χ3v) is 3.12. The highest BCUT2D eigenvalue weighted by atomic mass is 16.3. The summed E-state index contributed by atoms with van der Waals surface area (Å²) in [4.78, 5) is 5.03. The number of hydrogen-bond acceptors (Lipinski definition) is 3. The average Bonchev–Trinajstić information content (AvgIpc) is 2.25. The van der Waals surface area contributed by atoms with Gasteiger partial charge in [0, 0.05) is 39.3 Å². The van der Waals surface area contributed by atoms with Crippen molar-refractivity contribution in [1.29, 1.82) is 0 Å². The molecule has 1 aliphatic heterocycles. The van der Waals surface area contributed by atoms with Gasteiger partial charge >= 0.3 is 0 Å². The van der Waals surface area contributed by atoms with Crippen LogP contribution in [0.1, 0.15) is 26.7 Å². The lowest BCUT2D eigenvalue weighted by Crippen LogP contribution is -2.47. The first-order valence-electron chi connectivity index (χ1n) is 6.28. The number of aliphatic hydroxyl groups is 1. The molecule has 15 heavy (non-hydrogen) atoms. The van der Waals surface area contributed by atoms with Gasteiger partial charge in [0.15, 0.2) is 0 Å². The summed E-state index contributed by atoms with van der Waals surface area (Å²) >= 11 is 0. The molecular weight excluding hydrogens is 188 g/mol. The maximum Gasteiger partial charge on any atom is 0.0443 e. The second-order valence-corrected chi connectivity index (χ2v) is 4.94. The predicted molar refractivity (Wildman–Crippen MR) is 64.0 cm³/mol. The Bertz CT molecular complexity index is 154. The molecule has 0 saturated carbocycles. The van der Waals surface area contributed by atoms with Gasteiger partial charge in [-0.25, -0.2) is 0 Å². The molecule has 1 heterocycles. The lowest BCUT2D eigenvalue weighted by Gasteiger charge is -2.34. The highest BCUT2D eigenvalue weighted by molar-refractivity contribution is 4.71. The van der Waals surface area contributed by atoms with Gasteiger partial charge in [-0.15, -0.1) is 0 Å². The fourth-order valence-corrected chi connectivity index (χ4v) is 1.97. The number of nitrogens with zero attached hydrogens (tertiary/aromatic N) is 2. The molecule has 0 bridgehead atoms. The Morgan fingerprint density at radius 1 is 1.00 bits per heavy atom. The normalized spacial score (nSPS) is 20.0. The smallest absolute Gasteiger partial charge is 0.0443 e. The average molecular weight is 214 g/mol. The van der Waals surface area contributed by atoms with E-state index < -0.39 is 0 Å². The van der Waals surface area contributed by atoms with Crippen LogP contribution in [0.15, 0.2) is 0 Å². The first kappa shape index (κ1) is 12.9. The molecule has 1 N–H and O–H groups in total. The molecule has 0 aromatic heterocycles. The van der Waals surface area contributed by atoms with Gasteiger partial charge in [0.2, 0.25) is 0 Å². The Morgan fingerprint density at radius 3 is 2.00 bits per heavy atom. The van der Waals surface area contributed by atoms with Gasteiger partial charge in [-0.2, -0.15) is 0 Å². The molecule has 1 aliphatic rings. The minimum Gasteiger partial charge on any atom is -0.396 e. The maximum absolute atomic E-state index is 8.76. The van der Waals surface area contributed by atoms with Crippen LogP contribution in [0.25, 0.3) is 0 Å². The monoisotopic (exact) mass is 214 g/mol. The first-order chi connectivity index (χ1) is 7.22. The van der Waals surface area contributed by atoms with Gasteiger partial charge in [0.05, 0.1) is 0 Å². The van der Waals surface area contributed by atoms with Crippen LogP contribution in [0.2, 0.25) is 0 Å². The van der Waals surface area contributed by atoms with E-state index in [1.54, 1.807) is 0 Å². The van der Waals surface area contributed by atoms with Gasteiger partial charge < -0.3 is 14.9 Å². The van der Waals surface area contributed by atoms with Crippen molar-refractivity contribution in [1.82, 2.24) is 9.80 Å². The number of hydrogen-bond donors (Lipinski definition) is 1. The van der Waals surface area contributed by atoms with Crippen LogP contribution < -0.4 is 0 Å². The van der Waals surface area contributed by atoms with Crippen LogP contribution in [0, 0.1) is 5.92 Å². The van der Waals surface area contributed by atoms with E-state index in [1.807, 2.05) is 0 Å². The third-order valence-electron chi connectivity index (χ3n) is 3.12. The molecule has 0 amide bonds. The molecule has 3 nitrogen and oxygen atoms in total. The molecule has 0 aromatic rings. The lowest BCUT2D eigenvalue weighted by atomic mass is 10.1. The van der Waals surface area contributed by atoms with E-state index in [1.165, 1.54) is 39.1 Å². The fraction of sp³-hybridized carbons (Fsp3) is 1.00. The zero-order chi connectivity index (χ0) is 11.1. The molecule has 0 atom stereocenters. The summed E-state index contributed by atoms with van der Waals surface area (Å²) in [5, 5.41) is 8.76. The Hall–Kier alpha value is -0.120. The lowest BCUT2D eigenvalue weighted by molar-refractivity contribution is 0.121. The van der Waals surface area contributed by atoms with Crippen LogP contribution in [0.5, 0.6) is 0 Å². The number of piperazine rings is 1. The summed E-state index contributed by atoms with van der Waals surface area (Å²) in [5.41, 5.74) is 0. The molecule has 0 aliphatic carbocycles. The van der Waals surface area contributed by atoms with Crippen LogP contribution in [0.4, 0.5) is 0 Å². The van der Waals surface area contributed by atoms with Gasteiger partial charge in [-0.05, 0) is 25.3 Å². The minimum atomic E-state index is 0.327. The minimum absolute atomic E-state index is 0.327. The molecule has 3 heteroatoms. The summed E-state index contributed by atoms with van der Waals surface area (Å²) in [6.07, 6.45) is 2.24. The summed E-state index contributed by atoms with van der Waals surface area (Å²) in [5.74, 6) is 0.817. The second kappa shape index (κ2) is 7.20. The maximum atomic E-state index is 8.76. The highest BCUT2D eigenvalue weighted by Gasteiger charge is 2.15. The molecule has 0 spiro atoms. The molecule has 0 radical (unpaired) electrons. The largest absolute Gasteiger partial charge is 0.396 e. The first-order valence-corrected chi connectivity index (χ1v) is 6.28. The summed E-state index contributed by atoms with van der Waals surface area (Å²) in [6, 6.07) is 0. The topological polar surface area (TPSA) is 26.7 Å². The molecule has 0 unspecified atom stereocenters. The Morgan fingerprint density at radius 2 is 1.53 bits per heavy atom. The molecular formula is C12H26N2O. The van der Waals surface area contributed by atoms with E-state index in [-0.39, 0.29) is 0 Å². The molecule has 1 rings (SSSR count). The van der Waals surface area contributed by atoms with Crippen molar-refractivity contribution < 1.29 is 5.11 Å². The number of aliphatic hydroxyl groups excluding tert-OH is 1. The van der Waals surface area contributed by atoms with Crippen molar-refractivity contribution in [3.05, 3.63) is 0 Å². The Labute approximate surface area is 94.1 Å². The van der Waals surface area contributed by atoms with Crippen LogP contribution in [-0.4, -0.2) is 60.8 Å². The Balaban J connectivity index is 2.07. The van der Waals surface area contributed by atoms with Crippen molar-refractivity contribution in [3.8, 4) is 0 Å². The van der Waals surface area contributed by atoms with Crippen LogP contribution >= 0.6 is 0 Å². The Kier molecular flexibility index (Phi) is 6.22. The van der Waals surface area contributed by atoms with Crippen molar-refractivity contribution in [2.24, 2.45) is 5.92 Å². The molecule has 1 saturated heterocycles. The quantitative estimate of drug-likeness (QED) is 0.715. The van der Waals surface area contributed by atoms with E-state index in [0.717, 1.165) is 18.9 Å². The zero-order valence-electron chi connectivity index (χ0n) is 10.3. The van der Waals surface area contributed by atoms with E-state index >= 15 is 0 Å². The summed E-state index contributed by atoms with van der Waals surface area (Å²) in [6.45, 7) is 12.0. The van der Waals surface area contributed by atoms with Crippen molar-refractivity contribution in [3.63, 3.8) is 0 Å². The van der Waals surface area contributed by atoms with Crippen molar-refractivity contribution in [2.45, 2.75) is 26.7 Å². The van der Waals surface area contributed by atoms with E-state index in [4.69, 9.17) is 5.11 Å². The van der Waals surface area contributed by atoms with E-state index in [2.05, 4.69) is 23.6 Å². The fourth-order valence-electron chi connectivity index (χ4n) is 1.97. The second-order valence-electron chi connectivity index (χ2n) is 4.94. The van der Waals surface area contributed by atoms with Crippen molar-refractivity contribution >= 4 is 0 Å². The van der Waals surface area contributed by atoms with Crippen molar-refractivity contribution in [2.75, 3.05) is 45.9 Å². The van der Waals surface area contributed by atoms with E-state index in [0.29, 0.717) is 6.61 Å². The number of rotatable bonds is 6. The summed E-state index contributed by atoms with van der Waals surface area (Å²) < 4.78 is 0. The van der Waals surface area contributed by atoms with Gasteiger partial charge in [0.25, 0.3) is 0 Å². The zero-order valence-corrected chi connectivity index (χ0v) is 10.3. The molecule has 1 fully saturated rings. The SMILES string of the molecule is CC(C)CCN1CCN(CCCO)CC1. The van der Waals surface area contributed by atoms with E-state index in [9.17, 15) is 0 Å². The van der Waals surface area contributed by atoms with Gasteiger partial charge in [-0.1, -0.05) is 13.8 Å².